The lowest BCUT2D eigenvalue weighted by molar-refractivity contribution is -0.0873. The molecular formula is C11H21NO2. The van der Waals surface area contributed by atoms with Gasteiger partial charge in [-0.3, -0.25) is 4.90 Å². The molecule has 1 heterocycles. The summed E-state index contributed by atoms with van der Waals surface area (Å²) in [5.74, 6) is 0. The van der Waals surface area contributed by atoms with E-state index in [0.29, 0.717) is 12.1 Å². The second kappa shape index (κ2) is 5.10. The topological polar surface area (TPSA) is 32.7 Å². The van der Waals surface area contributed by atoms with Crippen LogP contribution in [0.2, 0.25) is 0 Å². The number of aliphatic hydroxyl groups excluding tert-OH is 1. The molecule has 0 aromatic carbocycles. The van der Waals surface area contributed by atoms with Gasteiger partial charge in [-0.05, 0) is 12.8 Å². The van der Waals surface area contributed by atoms with E-state index in [1.54, 1.807) is 0 Å². The van der Waals surface area contributed by atoms with Gasteiger partial charge in [0, 0.05) is 12.6 Å². The summed E-state index contributed by atoms with van der Waals surface area (Å²) in [7, 11) is 0. The Balaban J connectivity index is 1.86. The van der Waals surface area contributed by atoms with Crippen LogP contribution in [0.15, 0.2) is 0 Å². The first kappa shape index (κ1) is 10.4. The Morgan fingerprint density at radius 2 is 1.79 bits per heavy atom. The van der Waals surface area contributed by atoms with Crippen LogP contribution in [0.5, 0.6) is 0 Å². The maximum atomic E-state index is 9.05. The Morgan fingerprint density at radius 3 is 2.29 bits per heavy atom. The molecule has 3 heteroatoms. The zero-order valence-corrected chi connectivity index (χ0v) is 8.82. The second-order valence-corrected chi connectivity index (χ2v) is 4.44. The van der Waals surface area contributed by atoms with Gasteiger partial charge >= 0.3 is 0 Å². The van der Waals surface area contributed by atoms with Gasteiger partial charge in [-0.25, -0.2) is 0 Å². The average Bonchev–Trinajstić information content (AvgIpc) is 2.16. The van der Waals surface area contributed by atoms with Crippen LogP contribution in [0, 0.1) is 0 Å². The number of rotatable bonds is 4. The molecule has 0 amide bonds. The monoisotopic (exact) mass is 199 g/mol. The summed E-state index contributed by atoms with van der Waals surface area (Å²) in [4.78, 5) is 2.47. The summed E-state index contributed by atoms with van der Waals surface area (Å²) in [5, 5.41) is 9.05. The number of aliphatic hydroxyl groups is 1. The molecule has 3 nitrogen and oxygen atoms in total. The van der Waals surface area contributed by atoms with Crippen molar-refractivity contribution in [3.8, 4) is 0 Å². The minimum Gasteiger partial charge on any atom is -0.395 e. The molecule has 1 aliphatic carbocycles. The van der Waals surface area contributed by atoms with E-state index in [4.69, 9.17) is 9.84 Å². The van der Waals surface area contributed by atoms with Gasteiger partial charge in [-0.2, -0.15) is 0 Å². The van der Waals surface area contributed by atoms with E-state index >= 15 is 0 Å². The number of nitrogens with zero attached hydrogens (tertiary/aromatic N) is 1. The van der Waals surface area contributed by atoms with Crippen molar-refractivity contribution in [1.29, 1.82) is 0 Å². The molecule has 1 saturated carbocycles. The maximum Gasteiger partial charge on any atom is 0.0645 e. The highest BCUT2D eigenvalue weighted by Gasteiger charge is 2.31. The van der Waals surface area contributed by atoms with E-state index in [0.717, 1.165) is 19.8 Å². The van der Waals surface area contributed by atoms with Gasteiger partial charge in [-0.1, -0.05) is 19.3 Å². The minimum absolute atomic E-state index is 0.285. The number of ether oxygens (including phenoxy) is 1. The van der Waals surface area contributed by atoms with Crippen LogP contribution < -0.4 is 0 Å². The van der Waals surface area contributed by atoms with Crippen LogP contribution >= 0.6 is 0 Å². The first-order valence-electron chi connectivity index (χ1n) is 5.86. The normalized spacial score (nSPS) is 25.3. The van der Waals surface area contributed by atoms with Crippen molar-refractivity contribution < 1.29 is 9.84 Å². The molecule has 82 valence electrons. The highest BCUT2D eigenvalue weighted by atomic mass is 16.5. The SMILES string of the molecule is OCCN(C1CCCCC1)C1COC1. The van der Waals surface area contributed by atoms with E-state index in [1.165, 1.54) is 32.1 Å². The third-order valence-corrected chi connectivity index (χ3v) is 3.49. The molecule has 0 aromatic heterocycles. The lowest BCUT2D eigenvalue weighted by atomic mass is 9.93. The Kier molecular flexibility index (Phi) is 3.79. The molecule has 0 radical (unpaired) electrons. The highest BCUT2D eigenvalue weighted by molar-refractivity contribution is 4.84. The van der Waals surface area contributed by atoms with Crippen molar-refractivity contribution >= 4 is 0 Å². The van der Waals surface area contributed by atoms with Crippen LogP contribution in [0.4, 0.5) is 0 Å². The maximum absolute atomic E-state index is 9.05. The van der Waals surface area contributed by atoms with E-state index in [9.17, 15) is 0 Å². The summed E-state index contributed by atoms with van der Waals surface area (Å²) in [5.41, 5.74) is 0. The van der Waals surface area contributed by atoms with Crippen molar-refractivity contribution in [2.45, 2.75) is 44.2 Å². The zero-order chi connectivity index (χ0) is 9.80. The lowest BCUT2D eigenvalue weighted by Gasteiger charge is -2.43. The Morgan fingerprint density at radius 1 is 1.07 bits per heavy atom. The van der Waals surface area contributed by atoms with Gasteiger partial charge in [0.1, 0.15) is 0 Å². The van der Waals surface area contributed by atoms with Gasteiger partial charge in [0.25, 0.3) is 0 Å². The van der Waals surface area contributed by atoms with Crippen molar-refractivity contribution in [3.05, 3.63) is 0 Å². The third-order valence-electron chi connectivity index (χ3n) is 3.49. The van der Waals surface area contributed by atoms with Crippen LogP contribution in [0.3, 0.4) is 0 Å². The summed E-state index contributed by atoms with van der Waals surface area (Å²) < 4.78 is 5.23. The van der Waals surface area contributed by atoms with Gasteiger partial charge < -0.3 is 9.84 Å². The lowest BCUT2D eigenvalue weighted by Crippen LogP contribution is -2.54. The fraction of sp³-hybridized carbons (Fsp3) is 1.00. The van der Waals surface area contributed by atoms with Crippen LogP contribution in [0.1, 0.15) is 32.1 Å². The smallest absolute Gasteiger partial charge is 0.0645 e. The molecule has 14 heavy (non-hydrogen) atoms. The van der Waals surface area contributed by atoms with Crippen LogP contribution in [0.25, 0.3) is 0 Å². The van der Waals surface area contributed by atoms with E-state index in [-0.39, 0.29) is 6.61 Å². The van der Waals surface area contributed by atoms with Gasteiger partial charge in [-0.15, -0.1) is 0 Å². The largest absolute Gasteiger partial charge is 0.395 e. The second-order valence-electron chi connectivity index (χ2n) is 4.44. The molecule has 0 spiro atoms. The summed E-state index contributed by atoms with van der Waals surface area (Å²) in [6, 6.07) is 1.30. The molecule has 0 atom stereocenters. The average molecular weight is 199 g/mol. The molecule has 0 unspecified atom stereocenters. The quantitative estimate of drug-likeness (QED) is 0.733. The van der Waals surface area contributed by atoms with Gasteiger partial charge in [0.15, 0.2) is 0 Å². The predicted octanol–water partition coefficient (Wildman–Crippen LogP) is 1.01. The van der Waals surface area contributed by atoms with Crippen molar-refractivity contribution in [2.75, 3.05) is 26.4 Å². The summed E-state index contributed by atoms with van der Waals surface area (Å²) >= 11 is 0. The van der Waals surface area contributed by atoms with E-state index < -0.39 is 0 Å². The third kappa shape index (κ3) is 2.27. The Labute approximate surface area is 86.0 Å². The molecule has 1 N–H and O–H groups in total. The molecule has 2 fully saturated rings. The first-order valence-corrected chi connectivity index (χ1v) is 5.86. The van der Waals surface area contributed by atoms with E-state index in [1.807, 2.05) is 0 Å². The fourth-order valence-electron chi connectivity index (χ4n) is 2.61. The van der Waals surface area contributed by atoms with Crippen molar-refractivity contribution in [3.63, 3.8) is 0 Å². The molecule has 2 rings (SSSR count). The fourth-order valence-corrected chi connectivity index (χ4v) is 2.61. The van der Waals surface area contributed by atoms with Crippen LogP contribution in [-0.4, -0.2) is 48.5 Å². The standard InChI is InChI=1S/C11H21NO2/c13-7-6-12(11-8-14-9-11)10-4-2-1-3-5-10/h10-11,13H,1-9H2. The molecule has 1 aliphatic heterocycles. The minimum atomic E-state index is 0.285. The first-order chi connectivity index (χ1) is 6.92. The van der Waals surface area contributed by atoms with E-state index in [2.05, 4.69) is 4.90 Å². The highest BCUT2D eigenvalue weighted by Crippen LogP contribution is 2.25. The number of hydrogen-bond acceptors (Lipinski definition) is 3. The van der Waals surface area contributed by atoms with Crippen LogP contribution in [-0.2, 0) is 4.74 Å². The molecule has 0 aromatic rings. The summed E-state index contributed by atoms with van der Waals surface area (Å²) in [6.07, 6.45) is 6.75. The molecule has 2 aliphatic rings. The Bertz CT molecular complexity index is 165. The Hall–Kier alpha value is -0.120. The van der Waals surface area contributed by atoms with Gasteiger partial charge in [0.05, 0.1) is 25.9 Å². The molecule has 1 saturated heterocycles. The van der Waals surface area contributed by atoms with Crippen molar-refractivity contribution in [1.82, 2.24) is 4.90 Å². The van der Waals surface area contributed by atoms with Crippen molar-refractivity contribution in [2.24, 2.45) is 0 Å². The van der Waals surface area contributed by atoms with Gasteiger partial charge in [0.2, 0.25) is 0 Å². The number of hydrogen-bond donors (Lipinski definition) is 1. The predicted molar refractivity (Wildman–Crippen MR) is 55.3 cm³/mol. The zero-order valence-electron chi connectivity index (χ0n) is 8.82. The molecular weight excluding hydrogens is 178 g/mol. The molecule has 0 bridgehead atoms. The summed E-state index contributed by atoms with van der Waals surface area (Å²) in [6.45, 7) is 2.86.